The van der Waals surface area contributed by atoms with Crippen LogP contribution in [0.4, 0.5) is 10.9 Å². The minimum Gasteiger partial charge on any atom is -0.316 e. The van der Waals surface area contributed by atoms with E-state index in [0.717, 1.165) is 22.2 Å². The maximum absolute atomic E-state index is 6.16. The van der Waals surface area contributed by atoms with Gasteiger partial charge in [0.05, 0.1) is 5.69 Å². The number of hydrogen-bond donors (Lipinski definition) is 1. The number of anilines is 2. The topological polar surface area (TPSA) is 37.8 Å². The van der Waals surface area contributed by atoms with Crippen LogP contribution in [0.25, 0.3) is 11.3 Å². The average molecular weight is 288 g/mol. The highest BCUT2D eigenvalue weighted by molar-refractivity contribution is 7.14. The molecule has 0 unspecified atom stereocenters. The van der Waals surface area contributed by atoms with Crippen LogP contribution in [0.3, 0.4) is 0 Å². The molecule has 2 heterocycles. The van der Waals surface area contributed by atoms with E-state index in [0.29, 0.717) is 5.02 Å². The lowest BCUT2D eigenvalue weighted by Gasteiger charge is -2.01. The van der Waals surface area contributed by atoms with Crippen molar-refractivity contribution >= 4 is 33.9 Å². The summed E-state index contributed by atoms with van der Waals surface area (Å²) in [5.41, 5.74) is 1.81. The Kier molecular flexibility index (Phi) is 3.44. The van der Waals surface area contributed by atoms with Gasteiger partial charge in [0.15, 0.2) is 5.13 Å². The fourth-order valence-corrected chi connectivity index (χ4v) is 2.62. The van der Waals surface area contributed by atoms with E-state index >= 15 is 0 Å². The summed E-state index contributed by atoms with van der Waals surface area (Å²) < 4.78 is 0. The molecule has 0 aliphatic carbocycles. The van der Waals surface area contributed by atoms with Gasteiger partial charge in [0.25, 0.3) is 0 Å². The zero-order valence-electron chi connectivity index (χ0n) is 9.88. The minimum atomic E-state index is 0.706. The van der Waals surface area contributed by atoms with E-state index in [1.54, 1.807) is 6.20 Å². The molecular formula is C14H10ClN3S. The van der Waals surface area contributed by atoms with Crippen LogP contribution in [-0.4, -0.2) is 9.97 Å². The first-order valence-corrected chi connectivity index (χ1v) is 6.97. The third kappa shape index (κ3) is 2.75. The molecule has 0 aliphatic heterocycles. The molecule has 0 atom stereocenters. The molecule has 1 N–H and O–H groups in total. The highest BCUT2D eigenvalue weighted by Gasteiger charge is 2.07. The predicted molar refractivity (Wildman–Crippen MR) is 80.1 cm³/mol. The number of nitrogens with one attached hydrogen (secondary N) is 1. The van der Waals surface area contributed by atoms with Gasteiger partial charge in [-0.1, -0.05) is 35.9 Å². The summed E-state index contributed by atoms with van der Waals surface area (Å²) in [7, 11) is 0. The van der Waals surface area contributed by atoms with Crippen LogP contribution in [0.1, 0.15) is 0 Å². The first-order chi connectivity index (χ1) is 9.33. The van der Waals surface area contributed by atoms with Crippen molar-refractivity contribution < 1.29 is 0 Å². The Hall–Kier alpha value is -1.91. The third-order valence-corrected chi connectivity index (χ3v) is 3.64. The Balaban J connectivity index is 1.86. The Morgan fingerprint density at radius 3 is 2.68 bits per heavy atom. The Bertz CT molecular complexity index is 682. The Morgan fingerprint density at radius 1 is 1.05 bits per heavy atom. The monoisotopic (exact) mass is 287 g/mol. The first-order valence-electron chi connectivity index (χ1n) is 5.71. The van der Waals surface area contributed by atoms with Crippen molar-refractivity contribution in [2.24, 2.45) is 0 Å². The molecule has 1 aromatic carbocycles. The fourth-order valence-electron chi connectivity index (χ4n) is 1.67. The van der Waals surface area contributed by atoms with Gasteiger partial charge in [-0.05, 0) is 18.2 Å². The molecule has 0 saturated carbocycles. The normalized spacial score (nSPS) is 10.4. The number of pyridine rings is 1. The van der Waals surface area contributed by atoms with E-state index in [9.17, 15) is 0 Å². The molecule has 2 aromatic heterocycles. The summed E-state index contributed by atoms with van der Waals surface area (Å²) in [5, 5.41) is 6.65. The second kappa shape index (κ2) is 5.38. The highest BCUT2D eigenvalue weighted by atomic mass is 35.5. The molecule has 19 heavy (non-hydrogen) atoms. The predicted octanol–water partition coefficient (Wildman–Crippen LogP) is 4.60. The molecule has 0 amide bonds. The number of halogens is 1. The molecule has 3 rings (SSSR count). The van der Waals surface area contributed by atoms with E-state index < -0.39 is 0 Å². The third-order valence-electron chi connectivity index (χ3n) is 2.55. The summed E-state index contributed by atoms with van der Waals surface area (Å²) in [6, 6.07) is 13.4. The largest absolute Gasteiger partial charge is 0.316 e. The molecule has 0 bridgehead atoms. The van der Waals surface area contributed by atoms with Crippen molar-refractivity contribution in [1.29, 1.82) is 0 Å². The van der Waals surface area contributed by atoms with Crippen LogP contribution in [-0.2, 0) is 0 Å². The van der Waals surface area contributed by atoms with Crippen molar-refractivity contribution in [3.63, 3.8) is 0 Å². The standard InChI is InChI=1S/C14H10ClN3S/c15-11-6-2-1-5-10(11)12-9-19-14(17-12)18-13-7-3-4-8-16-13/h1-9H,(H,16,17,18). The van der Waals surface area contributed by atoms with E-state index in [1.807, 2.05) is 47.8 Å². The molecule has 0 radical (unpaired) electrons. The molecule has 3 nitrogen and oxygen atoms in total. The highest BCUT2D eigenvalue weighted by Crippen LogP contribution is 2.30. The maximum Gasteiger partial charge on any atom is 0.188 e. The van der Waals surface area contributed by atoms with Gasteiger partial charge in [-0.3, -0.25) is 0 Å². The quantitative estimate of drug-likeness (QED) is 0.765. The number of hydrogen-bond acceptors (Lipinski definition) is 4. The van der Waals surface area contributed by atoms with E-state index in [2.05, 4.69) is 15.3 Å². The molecule has 5 heteroatoms. The van der Waals surface area contributed by atoms with E-state index in [4.69, 9.17) is 11.6 Å². The van der Waals surface area contributed by atoms with Gasteiger partial charge in [0, 0.05) is 22.2 Å². The van der Waals surface area contributed by atoms with Crippen molar-refractivity contribution in [3.05, 3.63) is 59.1 Å². The first kappa shape index (κ1) is 12.1. The van der Waals surface area contributed by atoms with Gasteiger partial charge in [0.2, 0.25) is 0 Å². The Labute approximate surface area is 119 Å². The van der Waals surface area contributed by atoms with Crippen molar-refractivity contribution in [2.75, 3.05) is 5.32 Å². The van der Waals surface area contributed by atoms with Crippen molar-refractivity contribution in [1.82, 2.24) is 9.97 Å². The van der Waals surface area contributed by atoms with Crippen LogP contribution in [0.5, 0.6) is 0 Å². The molecule has 94 valence electrons. The SMILES string of the molecule is Clc1ccccc1-c1csc(Nc2ccccn2)n1. The smallest absolute Gasteiger partial charge is 0.188 e. The number of aromatic nitrogens is 2. The summed E-state index contributed by atoms with van der Waals surface area (Å²) in [6.07, 6.45) is 1.74. The summed E-state index contributed by atoms with van der Waals surface area (Å²) in [5.74, 6) is 0.780. The number of benzene rings is 1. The van der Waals surface area contributed by atoms with Crippen LogP contribution in [0.2, 0.25) is 5.02 Å². The molecular weight excluding hydrogens is 278 g/mol. The summed E-state index contributed by atoms with van der Waals surface area (Å²) in [6.45, 7) is 0. The average Bonchev–Trinajstić information content (AvgIpc) is 2.89. The van der Waals surface area contributed by atoms with Gasteiger partial charge in [-0.2, -0.15) is 0 Å². The van der Waals surface area contributed by atoms with Gasteiger partial charge < -0.3 is 5.32 Å². The lowest BCUT2D eigenvalue weighted by Crippen LogP contribution is -1.91. The lowest BCUT2D eigenvalue weighted by molar-refractivity contribution is 1.29. The van der Waals surface area contributed by atoms with Gasteiger partial charge >= 0.3 is 0 Å². The van der Waals surface area contributed by atoms with Crippen LogP contribution >= 0.6 is 22.9 Å². The number of nitrogens with zero attached hydrogens (tertiary/aromatic N) is 2. The van der Waals surface area contributed by atoms with Crippen molar-refractivity contribution in [3.8, 4) is 11.3 Å². The zero-order valence-corrected chi connectivity index (χ0v) is 11.4. The number of rotatable bonds is 3. The Morgan fingerprint density at radius 2 is 1.89 bits per heavy atom. The van der Waals surface area contributed by atoms with E-state index in [1.165, 1.54) is 11.3 Å². The lowest BCUT2D eigenvalue weighted by atomic mass is 10.2. The molecule has 0 saturated heterocycles. The van der Waals surface area contributed by atoms with Crippen LogP contribution in [0, 0.1) is 0 Å². The van der Waals surface area contributed by atoms with Crippen molar-refractivity contribution in [2.45, 2.75) is 0 Å². The summed E-state index contributed by atoms with van der Waals surface area (Å²) >= 11 is 7.69. The number of thiazole rings is 1. The van der Waals surface area contributed by atoms with Gasteiger partial charge in [0.1, 0.15) is 5.82 Å². The van der Waals surface area contributed by atoms with Crippen LogP contribution in [0.15, 0.2) is 54.0 Å². The molecule has 0 aliphatic rings. The zero-order chi connectivity index (χ0) is 13.1. The van der Waals surface area contributed by atoms with E-state index in [-0.39, 0.29) is 0 Å². The molecule has 0 spiro atoms. The maximum atomic E-state index is 6.16. The fraction of sp³-hybridized carbons (Fsp3) is 0. The van der Waals surface area contributed by atoms with Crippen LogP contribution < -0.4 is 5.32 Å². The minimum absolute atomic E-state index is 0.706. The summed E-state index contributed by atoms with van der Waals surface area (Å²) in [4.78, 5) is 8.72. The molecule has 3 aromatic rings. The second-order valence-electron chi connectivity index (χ2n) is 3.86. The molecule has 0 fully saturated rings. The van der Waals surface area contributed by atoms with Gasteiger partial charge in [-0.25, -0.2) is 9.97 Å². The second-order valence-corrected chi connectivity index (χ2v) is 5.12. The van der Waals surface area contributed by atoms with Gasteiger partial charge in [-0.15, -0.1) is 11.3 Å².